The van der Waals surface area contributed by atoms with Crippen molar-refractivity contribution in [1.29, 1.82) is 0 Å². The lowest BCUT2D eigenvalue weighted by Crippen LogP contribution is -2.28. The zero-order valence-electron chi connectivity index (χ0n) is 8.69. The molecule has 0 saturated carbocycles. The number of hydrogen-bond donors (Lipinski definition) is 1. The van der Waals surface area contributed by atoms with Crippen LogP contribution >= 0.6 is 0 Å². The molecule has 1 N–H and O–H groups in total. The molecule has 0 aliphatic carbocycles. The molecule has 78 valence electrons. The summed E-state index contributed by atoms with van der Waals surface area (Å²) in [6, 6.07) is 6.25. The number of aromatic nitrogens is 2. The minimum Gasteiger partial charge on any atom is -0.316 e. The van der Waals surface area contributed by atoms with Gasteiger partial charge in [-0.05, 0) is 31.5 Å². The van der Waals surface area contributed by atoms with Crippen molar-refractivity contribution in [3.8, 4) is 0 Å². The predicted octanol–water partition coefficient (Wildman–Crippen LogP) is 1.80. The monoisotopic (exact) mass is 201 g/mol. The molecule has 3 heterocycles. The van der Waals surface area contributed by atoms with Gasteiger partial charge >= 0.3 is 0 Å². The van der Waals surface area contributed by atoms with Crippen LogP contribution in [0.1, 0.15) is 24.3 Å². The van der Waals surface area contributed by atoms with E-state index in [1.54, 1.807) is 0 Å². The molecule has 2 aromatic heterocycles. The molecule has 1 aliphatic rings. The molecule has 3 nitrogen and oxygen atoms in total. The summed E-state index contributed by atoms with van der Waals surface area (Å²) in [5.41, 5.74) is 2.65. The molecule has 1 unspecified atom stereocenters. The van der Waals surface area contributed by atoms with Crippen LogP contribution in [0, 0.1) is 0 Å². The highest BCUT2D eigenvalue weighted by Crippen LogP contribution is 2.26. The second-order valence-corrected chi connectivity index (χ2v) is 4.17. The van der Waals surface area contributed by atoms with Gasteiger partial charge in [0.25, 0.3) is 0 Å². The van der Waals surface area contributed by atoms with Gasteiger partial charge in [0.05, 0.1) is 11.7 Å². The first-order valence-electron chi connectivity index (χ1n) is 5.58. The van der Waals surface area contributed by atoms with Crippen LogP contribution in [0.4, 0.5) is 0 Å². The van der Waals surface area contributed by atoms with E-state index in [2.05, 4.69) is 22.5 Å². The first-order valence-corrected chi connectivity index (χ1v) is 5.58. The Kier molecular flexibility index (Phi) is 2.18. The van der Waals surface area contributed by atoms with Gasteiger partial charge in [-0.3, -0.25) is 0 Å². The third-order valence-electron chi connectivity index (χ3n) is 3.19. The minimum atomic E-state index is 0.638. The summed E-state index contributed by atoms with van der Waals surface area (Å²) in [5.74, 6) is 0.638. The zero-order valence-corrected chi connectivity index (χ0v) is 8.69. The van der Waals surface area contributed by atoms with Gasteiger partial charge in [-0.2, -0.15) is 5.10 Å². The quantitative estimate of drug-likeness (QED) is 0.762. The summed E-state index contributed by atoms with van der Waals surface area (Å²) < 4.78 is 1.96. The van der Waals surface area contributed by atoms with E-state index in [1.807, 2.05) is 23.0 Å². The fourth-order valence-electron chi connectivity index (χ4n) is 2.39. The van der Waals surface area contributed by atoms with Gasteiger partial charge in [-0.15, -0.1) is 0 Å². The Morgan fingerprint density at radius 1 is 1.40 bits per heavy atom. The normalized spacial score (nSPS) is 22.0. The molecule has 1 aliphatic heterocycles. The molecule has 0 amide bonds. The SMILES string of the molecule is c1ccn2ncc(C3CCCNC3)c2c1. The number of hydrogen-bond acceptors (Lipinski definition) is 2. The van der Waals surface area contributed by atoms with Crippen LogP contribution in [0.15, 0.2) is 30.6 Å². The molecule has 15 heavy (non-hydrogen) atoms. The standard InChI is InChI=1S/C12H15N3/c1-2-7-15-12(5-1)11(9-14-15)10-4-3-6-13-8-10/h1-2,5,7,9-10,13H,3-4,6,8H2. The van der Waals surface area contributed by atoms with Gasteiger partial charge in [0.1, 0.15) is 0 Å². The van der Waals surface area contributed by atoms with Crippen molar-refractivity contribution in [1.82, 2.24) is 14.9 Å². The molecule has 1 fully saturated rings. The summed E-state index contributed by atoms with van der Waals surface area (Å²) in [4.78, 5) is 0. The fourth-order valence-corrected chi connectivity index (χ4v) is 2.39. The number of rotatable bonds is 1. The van der Waals surface area contributed by atoms with Gasteiger partial charge in [-0.1, -0.05) is 6.07 Å². The first-order chi connectivity index (χ1) is 7.45. The fraction of sp³-hybridized carbons (Fsp3) is 0.417. The maximum absolute atomic E-state index is 4.38. The molecular formula is C12H15N3. The van der Waals surface area contributed by atoms with Gasteiger partial charge < -0.3 is 5.32 Å². The summed E-state index contributed by atoms with van der Waals surface area (Å²) in [6.45, 7) is 2.26. The van der Waals surface area contributed by atoms with Crippen LogP contribution in [0.2, 0.25) is 0 Å². The van der Waals surface area contributed by atoms with Crippen LogP contribution in [0.5, 0.6) is 0 Å². The molecular weight excluding hydrogens is 186 g/mol. The zero-order chi connectivity index (χ0) is 10.1. The van der Waals surface area contributed by atoms with Crippen LogP contribution < -0.4 is 5.32 Å². The van der Waals surface area contributed by atoms with E-state index >= 15 is 0 Å². The van der Waals surface area contributed by atoms with E-state index in [0.717, 1.165) is 13.1 Å². The highest BCUT2D eigenvalue weighted by Gasteiger charge is 2.18. The number of nitrogens with one attached hydrogen (secondary N) is 1. The summed E-state index contributed by atoms with van der Waals surface area (Å²) in [7, 11) is 0. The molecule has 0 aromatic carbocycles. The third kappa shape index (κ3) is 1.53. The molecule has 0 bridgehead atoms. The highest BCUT2D eigenvalue weighted by molar-refractivity contribution is 5.55. The maximum Gasteiger partial charge on any atom is 0.0696 e. The van der Waals surface area contributed by atoms with E-state index in [4.69, 9.17) is 0 Å². The van der Waals surface area contributed by atoms with Crippen molar-refractivity contribution in [2.24, 2.45) is 0 Å². The summed E-state index contributed by atoms with van der Waals surface area (Å²) in [6.07, 6.45) is 6.58. The van der Waals surface area contributed by atoms with E-state index < -0.39 is 0 Å². The molecule has 0 radical (unpaired) electrons. The minimum absolute atomic E-state index is 0.638. The Hall–Kier alpha value is -1.35. The van der Waals surface area contributed by atoms with Gasteiger partial charge in [0.15, 0.2) is 0 Å². The lowest BCUT2D eigenvalue weighted by Gasteiger charge is -2.21. The molecule has 3 rings (SSSR count). The maximum atomic E-state index is 4.38. The Bertz CT molecular complexity index is 455. The largest absolute Gasteiger partial charge is 0.316 e. The third-order valence-corrected chi connectivity index (χ3v) is 3.19. The average Bonchev–Trinajstić information content (AvgIpc) is 2.74. The number of nitrogens with zero attached hydrogens (tertiary/aromatic N) is 2. The van der Waals surface area contributed by atoms with Crippen molar-refractivity contribution < 1.29 is 0 Å². The average molecular weight is 201 g/mol. The Balaban J connectivity index is 2.02. The Labute approximate surface area is 89.1 Å². The molecule has 2 aromatic rings. The molecule has 1 atom stereocenters. The Morgan fingerprint density at radius 2 is 2.40 bits per heavy atom. The van der Waals surface area contributed by atoms with E-state index in [-0.39, 0.29) is 0 Å². The number of pyridine rings is 1. The van der Waals surface area contributed by atoms with Gasteiger partial charge in [-0.25, -0.2) is 4.52 Å². The lowest BCUT2D eigenvalue weighted by molar-refractivity contribution is 0.463. The number of piperidine rings is 1. The Morgan fingerprint density at radius 3 is 3.27 bits per heavy atom. The molecule has 0 spiro atoms. The van der Waals surface area contributed by atoms with Crippen LogP contribution in [0.3, 0.4) is 0 Å². The van der Waals surface area contributed by atoms with E-state index in [1.165, 1.54) is 23.9 Å². The van der Waals surface area contributed by atoms with Crippen molar-refractivity contribution >= 4 is 5.52 Å². The van der Waals surface area contributed by atoms with Crippen molar-refractivity contribution in [2.45, 2.75) is 18.8 Å². The van der Waals surface area contributed by atoms with Crippen molar-refractivity contribution in [2.75, 3.05) is 13.1 Å². The van der Waals surface area contributed by atoms with Crippen LogP contribution in [-0.4, -0.2) is 22.7 Å². The van der Waals surface area contributed by atoms with Gasteiger partial charge in [0, 0.05) is 24.2 Å². The van der Waals surface area contributed by atoms with Crippen molar-refractivity contribution in [3.05, 3.63) is 36.2 Å². The predicted molar refractivity (Wildman–Crippen MR) is 60.0 cm³/mol. The smallest absolute Gasteiger partial charge is 0.0696 e. The molecule has 3 heteroatoms. The number of fused-ring (bicyclic) bond motifs is 1. The van der Waals surface area contributed by atoms with E-state index in [9.17, 15) is 0 Å². The highest BCUT2D eigenvalue weighted by atomic mass is 15.2. The lowest BCUT2D eigenvalue weighted by atomic mass is 9.93. The second kappa shape index (κ2) is 3.66. The van der Waals surface area contributed by atoms with Crippen LogP contribution in [0.25, 0.3) is 5.52 Å². The topological polar surface area (TPSA) is 29.3 Å². The van der Waals surface area contributed by atoms with E-state index in [0.29, 0.717) is 5.92 Å². The van der Waals surface area contributed by atoms with Gasteiger partial charge in [0.2, 0.25) is 0 Å². The summed E-state index contributed by atoms with van der Waals surface area (Å²) in [5, 5.41) is 7.83. The summed E-state index contributed by atoms with van der Waals surface area (Å²) >= 11 is 0. The second-order valence-electron chi connectivity index (χ2n) is 4.17. The van der Waals surface area contributed by atoms with Crippen molar-refractivity contribution in [3.63, 3.8) is 0 Å². The van der Waals surface area contributed by atoms with Crippen LogP contribution in [-0.2, 0) is 0 Å². The first kappa shape index (κ1) is 8.92. The molecule has 1 saturated heterocycles.